The minimum atomic E-state index is -0.392. The molecule has 3 rings (SSSR count). The number of nitrogens with zero attached hydrogens (tertiary/aromatic N) is 4. The number of likely N-dealkylation sites (tertiary alicyclic amines) is 1. The summed E-state index contributed by atoms with van der Waals surface area (Å²) in [6.07, 6.45) is 3.03. The van der Waals surface area contributed by atoms with Crippen LogP contribution in [-0.2, 0) is 9.53 Å². The van der Waals surface area contributed by atoms with Crippen LogP contribution in [-0.4, -0.2) is 59.7 Å². The van der Waals surface area contributed by atoms with Gasteiger partial charge in [0.25, 0.3) is 5.91 Å². The van der Waals surface area contributed by atoms with E-state index in [2.05, 4.69) is 14.9 Å². The van der Waals surface area contributed by atoms with Crippen LogP contribution in [0.3, 0.4) is 0 Å². The number of hydrogen-bond donors (Lipinski definition) is 0. The van der Waals surface area contributed by atoms with Crippen LogP contribution in [0.25, 0.3) is 0 Å². The molecule has 2 fully saturated rings. The van der Waals surface area contributed by atoms with Crippen molar-refractivity contribution in [3.8, 4) is 0 Å². The summed E-state index contributed by atoms with van der Waals surface area (Å²) in [7, 11) is 0. The van der Waals surface area contributed by atoms with E-state index in [0.717, 1.165) is 43.9 Å². The van der Waals surface area contributed by atoms with Crippen LogP contribution in [0.5, 0.6) is 0 Å². The van der Waals surface area contributed by atoms with Crippen LogP contribution in [0.4, 0.5) is 5.95 Å². The molecule has 1 unspecified atom stereocenters. The van der Waals surface area contributed by atoms with Crippen LogP contribution in [0.2, 0.25) is 0 Å². The number of rotatable bonds is 2. The number of carbonyl (C=O) groups excluding carboxylic acids is 1. The molecule has 6 nitrogen and oxygen atoms in total. The first-order chi connectivity index (χ1) is 10.6. The molecule has 0 aliphatic carbocycles. The Morgan fingerprint density at radius 1 is 1.14 bits per heavy atom. The van der Waals surface area contributed by atoms with Crippen LogP contribution >= 0.6 is 0 Å². The summed E-state index contributed by atoms with van der Waals surface area (Å²) in [5.41, 5.74) is 1.90. The number of aromatic nitrogens is 2. The predicted molar refractivity (Wildman–Crippen MR) is 83.9 cm³/mol. The van der Waals surface area contributed by atoms with Crippen molar-refractivity contribution in [2.75, 3.05) is 37.7 Å². The highest BCUT2D eigenvalue weighted by Gasteiger charge is 2.31. The van der Waals surface area contributed by atoms with Crippen molar-refractivity contribution >= 4 is 11.9 Å². The van der Waals surface area contributed by atoms with Crippen molar-refractivity contribution in [1.29, 1.82) is 0 Å². The third-order valence-electron chi connectivity index (χ3n) is 4.26. The number of hydrogen-bond acceptors (Lipinski definition) is 5. The number of amides is 1. The van der Waals surface area contributed by atoms with Crippen molar-refractivity contribution < 1.29 is 9.53 Å². The van der Waals surface area contributed by atoms with E-state index in [1.807, 2.05) is 24.8 Å². The van der Waals surface area contributed by atoms with E-state index >= 15 is 0 Å². The van der Waals surface area contributed by atoms with Crippen molar-refractivity contribution in [2.45, 2.75) is 39.2 Å². The first-order valence-electron chi connectivity index (χ1n) is 8.11. The molecule has 2 saturated heterocycles. The van der Waals surface area contributed by atoms with Gasteiger partial charge in [0.05, 0.1) is 13.2 Å². The van der Waals surface area contributed by atoms with Gasteiger partial charge in [-0.1, -0.05) is 0 Å². The lowest BCUT2D eigenvalue weighted by molar-refractivity contribution is -0.145. The number of aryl methyl sites for hydroxylation is 2. The number of ether oxygens (including phenoxy) is 1. The van der Waals surface area contributed by atoms with Crippen molar-refractivity contribution in [3.63, 3.8) is 0 Å². The molecule has 2 aliphatic heterocycles. The molecule has 0 saturated carbocycles. The van der Waals surface area contributed by atoms with E-state index in [0.29, 0.717) is 19.1 Å². The molecule has 3 heterocycles. The van der Waals surface area contributed by atoms with Crippen molar-refractivity contribution in [2.24, 2.45) is 0 Å². The zero-order valence-electron chi connectivity index (χ0n) is 13.4. The second-order valence-corrected chi connectivity index (χ2v) is 6.14. The smallest absolute Gasteiger partial charge is 0.253 e. The summed E-state index contributed by atoms with van der Waals surface area (Å²) < 4.78 is 5.72. The molecule has 0 N–H and O–H groups in total. The molecule has 0 spiro atoms. The van der Waals surface area contributed by atoms with Gasteiger partial charge < -0.3 is 14.5 Å². The maximum Gasteiger partial charge on any atom is 0.253 e. The second-order valence-electron chi connectivity index (χ2n) is 6.14. The van der Waals surface area contributed by atoms with E-state index in [-0.39, 0.29) is 5.91 Å². The molecule has 0 bridgehead atoms. The van der Waals surface area contributed by atoms with Gasteiger partial charge in [-0.2, -0.15) is 0 Å². The molecule has 1 atom stereocenters. The van der Waals surface area contributed by atoms with Gasteiger partial charge in [0.2, 0.25) is 5.95 Å². The normalized spacial score (nSPS) is 22.7. The predicted octanol–water partition coefficient (Wildman–Crippen LogP) is 1.31. The quantitative estimate of drug-likeness (QED) is 0.824. The lowest BCUT2D eigenvalue weighted by Gasteiger charge is -2.36. The molecule has 1 amide bonds. The van der Waals surface area contributed by atoms with E-state index in [1.54, 1.807) is 0 Å². The topological polar surface area (TPSA) is 58.6 Å². The molecule has 1 aromatic heterocycles. The van der Waals surface area contributed by atoms with Gasteiger partial charge in [0.15, 0.2) is 6.10 Å². The van der Waals surface area contributed by atoms with Crippen LogP contribution < -0.4 is 4.90 Å². The Labute approximate surface area is 131 Å². The molecule has 2 aliphatic rings. The van der Waals surface area contributed by atoms with Gasteiger partial charge in [-0.15, -0.1) is 0 Å². The van der Waals surface area contributed by atoms with Gasteiger partial charge in [0, 0.05) is 31.0 Å². The zero-order chi connectivity index (χ0) is 15.5. The minimum absolute atomic E-state index is 0.119. The maximum absolute atomic E-state index is 12.6. The fraction of sp³-hybridized carbons (Fsp3) is 0.688. The van der Waals surface area contributed by atoms with Crippen molar-refractivity contribution in [1.82, 2.24) is 14.9 Å². The maximum atomic E-state index is 12.6. The Hall–Kier alpha value is -1.69. The Kier molecular flexibility index (Phi) is 4.57. The summed E-state index contributed by atoms with van der Waals surface area (Å²) in [4.78, 5) is 25.6. The highest BCUT2D eigenvalue weighted by atomic mass is 16.5. The SMILES string of the molecule is Cc1cc(C)nc(N2CCOC(C(=O)N3CCCCC3)C2)n1. The van der Waals surface area contributed by atoms with E-state index in [9.17, 15) is 4.79 Å². The molecule has 0 aromatic carbocycles. The first kappa shape index (κ1) is 15.2. The lowest BCUT2D eigenvalue weighted by atomic mass is 10.1. The third-order valence-corrected chi connectivity index (χ3v) is 4.26. The summed E-state index contributed by atoms with van der Waals surface area (Å²) in [6.45, 7) is 7.47. The molecule has 22 heavy (non-hydrogen) atoms. The molecule has 120 valence electrons. The summed E-state index contributed by atoms with van der Waals surface area (Å²) in [5, 5.41) is 0. The third kappa shape index (κ3) is 3.38. The van der Waals surface area contributed by atoms with Crippen LogP contribution in [0.15, 0.2) is 6.07 Å². The van der Waals surface area contributed by atoms with Gasteiger partial charge in [-0.05, 0) is 39.2 Å². The molecule has 6 heteroatoms. The molecule has 0 radical (unpaired) electrons. The van der Waals surface area contributed by atoms with Gasteiger partial charge >= 0.3 is 0 Å². The van der Waals surface area contributed by atoms with Crippen LogP contribution in [0.1, 0.15) is 30.7 Å². The van der Waals surface area contributed by atoms with E-state index in [4.69, 9.17) is 4.74 Å². The largest absolute Gasteiger partial charge is 0.365 e. The molecule has 1 aromatic rings. The Morgan fingerprint density at radius 2 is 1.82 bits per heavy atom. The van der Waals surface area contributed by atoms with Gasteiger partial charge in [-0.3, -0.25) is 4.79 Å². The lowest BCUT2D eigenvalue weighted by Crippen LogP contribution is -2.52. The molecular weight excluding hydrogens is 280 g/mol. The summed E-state index contributed by atoms with van der Waals surface area (Å²) >= 11 is 0. The monoisotopic (exact) mass is 304 g/mol. The Bertz CT molecular complexity index is 523. The highest BCUT2D eigenvalue weighted by molar-refractivity contribution is 5.82. The van der Waals surface area contributed by atoms with Gasteiger partial charge in [-0.25, -0.2) is 9.97 Å². The fourth-order valence-corrected chi connectivity index (χ4v) is 3.15. The average molecular weight is 304 g/mol. The number of carbonyl (C=O) groups is 1. The molecular formula is C16H24N4O2. The van der Waals surface area contributed by atoms with E-state index < -0.39 is 6.10 Å². The van der Waals surface area contributed by atoms with E-state index in [1.165, 1.54) is 6.42 Å². The standard InChI is InChI=1S/C16H24N4O2/c1-12-10-13(2)18-16(17-12)20-8-9-22-14(11-20)15(21)19-6-4-3-5-7-19/h10,14H,3-9,11H2,1-2H3. The summed E-state index contributed by atoms with van der Waals surface area (Å²) in [6, 6.07) is 1.96. The number of anilines is 1. The number of morpholine rings is 1. The Balaban J connectivity index is 1.69. The highest BCUT2D eigenvalue weighted by Crippen LogP contribution is 2.17. The van der Waals surface area contributed by atoms with Gasteiger partial charge in [0.1, 0.15) is 0 Å². The zero-order valence-corrected chi connectivity index (χ0v) is 13.4. The summed E-state index contributed by atoms with van der Waals surface area (Å²) in [5.74, 6) is 0.825. The minimum Gasteiger partial charge on any atom is -0.365 e. The fourth-order valence-electron chi connectivity index (χ4n) is 3.15. The first-order valence-corrected chi connectivity index (χ1v) is 8.11. The van der Waals surface area contributed by atoms with Crippen molar-refractivity contribution in [3.05, 3.63) is 17.5 Å². The Morgan fingerprint density at radius 3 is 2.50 bits per heavy atom. The average Bonchev–Trinajstić information content (AvgIpc) is 2.54. The van der Waals surface area contributed by atoms with Crippen LogP contribution in [0, 0.1) is 13.8 Å². The second kappa shape index (κ2) is 6.60. The number of piperidine rings is 1.